The minimum absolute atomic E-state index is 0.279. The molecule has 168 valence electrons. The van der Waals surface area contributed by atoms with E-state index in [1.807, 2.05) is 72.3 Å². The second kappa shape index (κ2) is 10.1. The number of nitrogens with one attached hydrogen (secondary N) is 2. The molecule has 4 rings (SSSR count). The Morgan fingerprint density at radius 3 is 2.36 bits per heavy atom. The third-order valence-electron chi connectivity index (χ3n) is 4.87. The van der Waals surface area contributed by atoms with Crippen LogP contribution in [0.2, 0.25) is 0 Å². The first-order chi connectivity index (χ1) is 16.0. The normalized spacial score (nSPS) is 10.7. The summed E-state index contributed by atoms with van der Waals surface area (Å²) >= 11 is 1.26. The zero-order chi connectivity index (χ0) is 23.2. The highest BCUT2D eigenvalue weighted by Crippen LogP contribution is 2.29. The maximum Gasteiger partial charge on any atom is 0.348 e. The van der Waals surface area contributed by atoms with E-state index < -0.39 is 24.5 Å². The van der Waals surface area contributed by atoms with Crippen molar-refractivity contribution in [1.82, 2.24) is 20.4 Å². The summed E-state index contributed by atoms with van der Waals surface area (Å²) in [7, 11) is 0. The molecule has 0 fully saturated rings. The lowest BCUT2D eigenvalue weighted by atomic mass is 10.2. The van der Waals surface area contributed by atoms with Gasteiger partial charge < -0.3 is 10.1 Å². The summed E-state index contributed by atoms with van der Waals surface area (Å²) in [5.74, 6) is -1.33. The number of imide groups is 1. The minimum Gasteiger partial charge on any atom is -0.451 e. The summed E-state index contributed by atoms with van der Waals surface area (Å²) in [6, 6.07) is 20.3. The summed E-state index contributed by atoms with van der Waals surface area (Å²) in [4.78, 5) is 37.5. The van der Waals surface area contributed by atoms with Crippen molar-refractivity contribution >= 4 is 39.5 Å². The summed E-state index contributed by atoms with van der Waals surface area (Å²) < 4.78 is 6.95. The quantitative estimate of drug-likeness (QED) is 0.408. The standard InChI is InChI=1S/C24H22N4O4S/c1-16-19-12-20(33-22(19)28(27-16)14-18-10-6-3-7-11-18)23(30)32-15-21(29)26-24(31)25-13-17-8-4-2-5-9-17/h2-12H,13-15H2,1H3,(H2,25,26,29,31). The number of esters is 1. The zero-order valence-corrected chi connectivity index (χ0v) is 18.7. The number of urea groups is 1. The van der Waals surface area contributed by atoms with E-state index >= 15 is 0 Å². The van der Waals surface area contributed by atoms with Gasteiger partial charge in [-0.2, -0.15) is 5.10 Å². The number of amides is 3. The second-order valence-electron chi connectivity index (χ2n) is 7.35. The van der Waals surface area contributed by atoms with E-state index in [2.05, 4.69) is 15.7 Å². The minimum atomic E-state index is -0.707. The largest absolute Gasteiger partial charge is 0.451 e. The highest BCUT2D eigenvalue weighted by atomic mass is 32.1. The Labute approximate surface area is 194 Å². The highest BCUT2D eigenvalue weighted by molar-refractivity contribution is 7.20. The average Bonchev–Trinajstić information content (AvgIpc) is 3.39. The number of fused-ring (bicyclic) bond motifs is 1. The van der Waals surface area contributed by atoms with Crippen molar-refractivity contribution in [3.8, 4) is 0 Å². The van der Waals surface area contributed by atoms with Crippen molar-refractivity contribution in [3.63, 3.8) is 0 Å². The van der Waals surface area contributed by atoms with Gasteiger partial charge in [-0.3, -0.25) is 14.8 Å². The van der Waals surface area contributed by atoms with Gasteiger partial charge in [0.05, 0.1) is 12.2 Å². The Morgan fingerprint density at radius 2 is 1.67 bits per heavy atom. The van der Waals surface area contributed by atoms with Crippen LogP contribution < -0.4 is 10.6 Å². The predicted octanol–water partition coefficient (Wildman–Crippen LogP) is 3.64. The first kappa shape index (κ1) is 22.2. The van der Waals surface area contributed by atoms with Gasteiger partial charge in [0.2, 0.25) is 0 Å². The van der Waals surface area contributed by atoms with Gasteiger partial charge in [0.15, 0.2) is 6.61 Å². The Bertz CT molecular complexity index is 1280. The number of rotatable bonds is 7. The molecule has 0 saturated carbocycles. The number of benzene rings is 2. The molecule has 0 aliphatic rings. The summed E-state index contributed by atoms with van der Waals surface area (Å²) in [5.41, 5.74) is 2.81. The molecule has 0 bridgehead atoms. The van der Waals surface area contributed by atoms with Gasteiger partial charge in [-0.25, -0.2) is 9.59 Å². The smallest absolute Gasteiger partial charge is 0.348 e. The van der Waals surface area contributed by atoms with E-state index in [-0.39, 0.29) is 6.54 Å². The van der Waals surface area contributed by atoms with Crippen LogP contribution in [0.1, 0.15) is 26.5 Å². The number of carbonyl (C=O) groups excluding carboxylic acids is 3. The van der Waals surface area contributed by atoms with Crippen molar-refractivity contribution < 1.29 is 19.1 Å². The number of aryl methyl sites for hydroxylation is 1. The van der Waals surface area contributed by atoms with Gasteiger partial charge in [0, 0.05) is 11.9 Å². The van der Waals surface area contributed by atoms with Gasteiger partial charge in [0.25, 0.3) is 5.91 Å². The summed E-state index contributed by atoms with van der Waals surface area (Å²) in [6.45, 7) is 2.19. The third kappa shape index (κ3) is 5.64. The molecular formula is C24H22N4O4S. The molecule has 8 nitrogen and oxygen atoms in total. The molecule has 2 N–H and O–H groups in total. The molecule has 3 amide bonds. The van der Waals surface area contributed by atoms with Crippen molar-refractivity contribution in [2.45, 2.75) is 20.0 Å². The molecule has 0 saturated heterocycles. The monoisotopic (exact) mass is 462 g/mol. The van der Waals surface area contributed by atoms with E-state index in [4.69, 9.17) is 4.74 Å². The zero-order valence-electron chi connectivity index (χ0n) is 17.9. The van der Waals surface area contributed by atoms with Gasteiger partial charge in [-0.05, 0) is 24.1 Å². The molecule has 4 aromatic rings. The molecule has 0 aliphatic carbocycles. The van der Waals surface area contributed by atoms with Crippen molar-refractivity contribution in [2.75, 3.05) is 6.61 Å². The van der Waals surface area contributed by atoms with Crippen molar-refractivity contribution in [3.05, 3.63) is 88.4 Å². The van der Waals surface area contributed by atoms with Gasteiger partial charge >= 0.3 is 12.0 Å². The number of thiophene rings is 1. The number of nitrogens with zero attached hydrogens (tertiary/aromatic N) is 2. The highest BCUT2D eigenvalue weighted by Gasteiger charge is 2.19. The van der Waals surface area contributed by atoms with Crippen LogP contribution in [-0.2, 0) is 22.6 Å². The molecular weight excluding hydrogens is 440 g/mol. The van der Waals surface area contributed by atoms with Gasteiger partial charge in [0.1, 0.15) is 9.71 Å². The van der Waals surface area contributed by atoms with Crippen LogP contribution in [0.3, 0.4) is 0 Å². The maximum absolute atomic E-state index is 12.5. The molecule has 9 heteroatoms. The number of aromatic nitrogens is 2. The fourth-order valence-electron chi connectivity index (χ4n) is 3.26. The van der Waals surface area contributed by atoms with Crippen molar-refractivity contribution in [1.29, 1.82) is 0 Å². The molecule has 0 atom stereocenters. The molecule has 33 heavy (non-hydrogen) atoms. The first-order valence-corrected chi connectivity index (χ1v) is 11.1. The lowest BCUT2D eigenvalue weighted by molar-refractivity contribution is -0.123. The number of hydrogen-bond acceptors (Lipinski definition) is 6. The van der Waals surface area contributed by atoms with Crippen LogP contribution >= 0.6 is 11.3 Å². The maximum atomic E-state index is 12.5. The van der Waals surface area contributed by atoms with Crippen LogP contribution in [0.15, 0.2) is 66.7 Å². The Hall–Kier alpha value is -3.98. The Morgan fingerprint density at radius 1 is 1.00 bits per heavy atom. The van der Waals surface area contributed by atoms with Crippen molar-refractivity contribution in [2.24, 2.45) is 0 Å². The van der Waals surface area contributed by atoms with Crippen LogP contribution in [-0.4, -0.2) is 34.3 Å². The van der Waals surface area contributed by atoms with Crippen LogP contribution in [0.25, 0.3) is 10.2 Å². The topological polar surface area (TPSA) is 102 Å². The lowest BCUT2D eigenvalue weighted by Gasteiger charge is -2.07. The molecule has 0 radical (unpaired) electrons. The average molecular weight is 463 g/mol. The van der Waals surface area contributed by atoms with Crippen LogP contribution in [0, 0.1) is 6.92 Å². The summed E-state index contributed by atoms with van der Waals surface area (Å²) in [5, 5.41) is 10.2. The summed E-state index contributed by atoms with van der Waals surface area (Å²) in [6.07, 6.45) is 0. The molecule has 0 spiro atoms. The second-order valence-corrected chi connectivity index (χ2v) is 8.38. The molecule has 0 aliphatic heterocycles. The van der Waals surface area contributed by atoms with Gasteiger partial charge in [-0.1, -0.05) is 60.7 Å². The number of hydrogen-bond donors (Lipinski definition) is 2. The van der Waals surface area contributed by atoms with E-state index in [0.29, 0.717) is 11.4 Å². The predicted molar refractivity (Wildman–Crippen MR) is 125 cm³/mol. The van der Waals surface area contributed by atoms with Gasteiger partial charge in [-0.15, -0.1) is 11.3 Å². The van der Waals surface area contributed by atoms with Crippen LogP contribution in [0.4, 0.5) is 4.79 Å². The van der Waals surface area contributed by atoms with E-state index in [0.717, 1.165) is 27.0 Å². The lowest BCUT2D eigenvalue weighted by Crippen LogP contribution is -2.41. The molecule has 2 aromatic carbocycles. The fourth-order valence-corrected chi connectivity index (χ4v) is 4.32. The molecule has 2 heterocycles. The third-order valence-corrected chi connectivity index (χ3v) is 6.00. The van der Waals surface area contributed by atoms with E-state index in [1.165, 1.54) is 11.3 Å². The van der Waals surface area contributed by atoms with Crippen LogP contribution in [0.5, 0.6) is 0 Å². The molecule has 2 aromatic heterocycles. The Kier molecular flexibility index (Phi) is 6.80. The first-order valence-electron chi connectivity index (χ1n) is 10.3. The van der Waals surface area contributed by atoms with E-state index in [9.17, 15) is 14.4 Å². The fraction of sp³-hybridized carbons (Fsp3) is 0.167. The Balaban J connectivity index is 1.31. The number of ether oxygens (including phenoxy) is 1. The molecule has 0 unspecified atom stereocenters. The number of carbonyl (C=O) groups is 3. The van der Waals surface area contributed by atoms with E-state index in [1.54, 1.807) is 6.07 Å². The SMILES string of the molecule is Cc1nn(Cc2ccccc2)c2sc(C(=O)OCC(=O)NC(=O)NCc3ccccc3)cc12.